The first kappa shape index (κ1) is 17.8. The largest absolute Gasteiger partial charge is 0.417 e. The third-order valence-electron chi connectivity index (χ3n) is 4.26. The molecule has 140 valence electrons. The fraction of sp³-hybridized carbons (Fsp3) is 0.0476. The van der Waals surface area contributed by atoms with Crippen molar-refractivity contribution in [3.8, 4) is 11.3 Å². The predicted molar refractivity (Wildman–Crippen MR) is 100 cm³/mol. The maximum atomic E-state index is 13.1. The number of fused-ring (bicyclic) bond motifs is 1. The van der Waals surface area contributed by atoms with Gasteiger partial charge in [0.25, 0.3) is 5.91 Å². The first-order chi connectivity index (χ1) is 13.4. The van der Waals surface area contributed by atoms with Gasteiger partial charge in [0.05, 0.1) is 16.8 Å². The Labute approximate surface area is 158 Å². The monoisotopic (exact) mass is 381 g/mol. The van der Waals surface area contributed by atoms with Crippen molar-refractivity contribution in [3.63, 3.8) is 0 Å². The van der Waals surface area contributed by atoms with E-state index < -0.39 is 23.2 Å². The molecule has 0 saturated heterocycles. The van der Waals surface area contributed by atoms with Crippen molar-refractivity contribution in [1.29, 1.82) is 0 Å². The van der Waals surface area contributed by atoms with Crippen LogP contribution in [0.5, 0.6) is 0 Å². The van der Waals surface area contributed by atoms with Gasteiger partial charge in [0, 0.05) is 23.6 Å². The molecule has 2 aromatic heterocycles. The van der Waals surface area contributed by atoms with E-state index in [0.29, 0.717) is 11.4 Å². The van der Waals surface area contributed by atoms with Gasteiger partial charge in [-0.15, -0.1) is 0 Å². The second-order valence-electron chi connectivity index (χ2n) is 6.17. The van der Waals surface area contributed by atoms with Gasteiger partial charge in [-0.3, -0.25) is 4.79 Å². The number of imidazole rings is 1. The molecular weight excluding hydrogens is 367 g/mol. The Morgan fingerprint density at radius 1 is 0.964 bits per heavy atom. The molecule has 0 bridgehead atoms. The number of hydrogen-bond donors (Lipinski definition) is 1. The van der Waals surface area contributed by atoms with E-state index in [4.69, 9.17) is 0 Å². The molecule has 7 heteroatoms. The molecule has 4 rings (SSSR count). The minimum Gasteiger partial charge on any atom is -0.322 e. The number of nitrogens with one attached hydrogen (secondary N) is 1. The zero-order chi connectivity index (χ0) is 19.7. The van der Waals surface area contributed by atoms with Crippen LogP contribution in [-0.2, 0) is 6.18 Å². The van der Waals surface area contributed by atoms with Crippen LogP contribution in [0.2, 0.25) is 0 Å². The summed E-state index contributed by atoms with van der Waals surface area (Å²) in [6, 6.07) is 17.2. The first-order valence-electron chi connectivity index (χ1n) is 8.43. The molecule has 1 N–H and O–H groups in total. The molecule has 4 aromatic rings. The molecule has 2 aromatic carbocycles. The number of halogens is 3. The summed E-state index contributed by atoms with van der Waals surface area (Å²) < 4.78 is 41.3. The highest BCUT2D eigenvalue weighted by Gasteiger charge is 2.34. The van der Waals surface area contributed by atoms with Crippen molar-refractivity contribution in [2.45, 2.75) is 6.18 Å². The molecule has 0 atom stereocenters. The fourth-order valence-corrected chi connectivity index (χ4v) is 2.96. The molecule has 0 saturated carbocycles. The van der Waals surface area contributed by atoms with E-state index in [1.54, 1.807) is 18.2 Å². The van der Waals surface area contributed by atoms with Gasteiger partial charge in [-0.05, 0) is 36.4 Å². The highest BCUT2D eigenvalue weighted by atomic mass is 19.4. The standard InChI is InChI=1S/C21H14F3N3O/c22-21(23,24)17-9-2-1-8-16(17)20(28)25-15-7-5-6-14(12-15)18-13-27-11-4-3-10-19(27)26-18/h1-13H,(H,25,28). The highest BCUT2D eigenvalue weighted by molar-refractivity contribution is 6.05. The number of pyridine rings is 1. The summed E-state index contributed by atoms with van der Waals surface area (Å²) in [6.07, 6.45) is -0.896. The van der Waals surface area contributed by atoms with E-state index in [1.807, 2.05) is 41.1 Å². The van der Waals surface area contributed by atoms with Crippen LogP contribution < -0.4 is 5.32 Å². The van der Waals surface area contributed by atoms with Crippen LogP contribution in [0.25, 0.3) is 16.9 Å². The summed E-state index contributed by atoms with van der Waals surface area (Å²) in [4.78, 5) is 16.9. The number of alkyl halides is 3. The number of amides is 1. The Kier molecular flexibility index (Phi) is 4.35. The van der Waals surface area contributed by atoms with Crippen molar-refractivity contribution in [2.75, 3.05) is 5.32 Å². The maximum Gasteiger partial charge on any atom is 0.417 e. The van der Waals surface area contributed by atoms with Crippen LogP contribution in [-0.4, -0.2) is 15.3 Å². The summed E-state index contributed by atoms with van der Waals surface area (Å²) >= 11 is 0. The van der Waals surface area contributed by atoms with Gasteiger partial charge in [-0.2, -0.15) is 13.2 Å². The Balaban J connectivity index is 1.63. The lowest BCUT2D eigenvalue weighted by Crippen LogP contribution is -2.18. The average Bonchev–Trinajstić information content (AvgIpc) is 3.12. The molecule has 0 aliphatic heterocycles. The van der Waals surface area contributed by atoms with Gasteiger partial charge in [0.1, 0.15) is 5.65 Å². The number of rotatable bonds is 3. The summed E-state index contributed by atoms with van der Waals surface area (Å²) in [5, 5.41) is 2.54. The second kappa shape index (κ2) is 6.84. The molecule has 28 heavy (non-hydrogen) atoms. The summed E-state index contributed by atoms with van der Waals surface area (Å²) in [5.41, 5.74) is 1.20. The quantitative estimate of drug-likeness (QED) is 0.525. The van der Waals surface area contributed by atoms with E-state index >= 15 is 0 Å². The number of carbonyl (C=O) groups excluding carboxylic acids is 1. The van der Waals surface area contributed by atoms with Crippen molar-refractivity contribution < 1.29 is 18.0 Å². The molecule has 1 amide bonds. The summed E-state index contributed by atoms with van der Waals surface area (Å²) in [7, 11) is 0. The number of benzene rings is 2. The average molecular weight is 381 g/mol. The summed E-state index contributed by atoms with van der Waals surface area (Å²) in [6.45, 7) is 0. The lowest BCUT2D eigenvalue weighted by molar-refractivity contribution is -0.137. The van der Waals surface area contributed by atoms with Gasteiger partial charge < -0.3 is 9.72 Å². The van der Waals surface area contributed by atoms with Crippen molar-refractivity contribution >= 4 is 17.2 Å². The predicted octanol–water partition coefficient (Wildman–Crippen LogP) is 5.27. The fourth-order valence-electron chi connectivity index (χ4n) is 2.96. The van der Waals surface area contributed by atoms with Crippen LogP contribution in [0, 0.1) is 0 Å². The number of nitrogens with zero attached hydrogens (tertiary/aromatic N) is 2. The lowest BCUT2D eigenvalue weighted by atomic mass is 10.1. The topological polar surface area (TPSA) is 46.4 Å². The number of hydrogen-bond acceptors (Lipinski definition) is 2. The summed E-state index contributed by atoms with van der Waals surface area (Å²) in [5.74, 6) is -0.819. The normalized spacial score (nSPS) is 11.5. The van der Waals surface area contributed by atoms with Gasteiger partial charge in [-0.1, -0.05) is 30.3 Å². The Hall–Kier alpha value is -3.61. The molecule has 0 unspecified atom stereocenters. The third kappa shape index (κ3) is 3.46. The van der Waals surface area contributed by atoms with Crippen molar-refractivity contribution in [2.24, 2.45) is 0 Å². The Morgan fingerprint density at radius 2 is 1.75 bits per heavy atom. The van der Waals surface area contributed by atoms with Gasteiger partial charge in [0.2, 0.25) is 0 Å². The van der Waals surface area contributed by atoms with Crippen molar-refractivity contribution in [3.05, 3.63) is 90.3 Å². The minimum absolute atomic E-state index is 0.386. The van der Waals surface area contributed by atoms with Crippen LogP contribution in [0.3, 0.4) is 0 Å². The molecular formula is C21H14F3N3O. The number of anilines is 1. The van der Waals surface area contributed by atoms with E-state index in [1.165, 1.54) is 12.1 Å². The zero-order valence-corrected chi connectivity index (χ0v) is 14.4. The molecule has 0 aliphatic rings. The maximum absolute atomic E-state index is 13.1. The van der Waals surface area contributed by atoms with E-state index in [-0.39, 0.29) is 0 Å². The highest BCUT2D eigenvalue weighted by Crippen LogP contribution is 2.32. The third-order valence-corrected chi connectivity index (χ3v) is 4.26. The zero-order valence-electron chi connectivity index (χ0n) is 14.4. The van der Waals surface area contributed by atoms with Gasteiger partial charge in [-0.25, -0.2) is 4.98 Å². The minimum atomic E-state index is -4.60. The van der Waals surface area contributed by atoms with Crippen LogP contribution in [0.1, 0.15) is 15.9 Å². The lowest BCUT2D eigenvalue weighted by Gasteiger charge is -2.13. The number of aromatic nitrogens is 2. The van der Waals surface area contributed by atoms with Gasteiger partial charge in [0.15, 0.2) is 0 Å². The molecule has 0 spiro atoms. The SMILES string of the molecule is O=C(Nc1cccc(-c2cn3ccccc3n2)c1)c1ccccc1C(F)(F)F. The molecule has 0 radical (unpaired) electrons. The second-order valence-corrected chi connectivity index (χ2v) is 6.17. The first-order valence-corrected chi connectivity index (χ1v) is 8.43. The van der Waals surface area contributed by atoms with E-state index in [2.05, 4.69) is 10.3 Å². The molecule has 0 aliphatic carbocycles. The van der Waals surface area contributed by atoms with E-state index in [9.17, 15) is 18.0 Å². The van der Waals surface area contributed by atoms with Crippen LogP contribution >= 0.6 is 0 Å². The Morgan fingerprint density at radius 3 is 2.54 bits per heavy atom. The number of carbonyl (C=O) groups is 1. The van der Waals surface area contributed by atoms with Crippen LogP contribution in [0.15, 0.2) is 79.1 Å². The molecule has 2 heterocycles. The smallest absolute Gasteiger partial charge is 0.322 e. The molecule has 0 fully saturated rings. The Bertz CT molecular complexity index is 1130. The molecule has 4 nitrogen and oxygen atoms in total. The van der Waals surface area contributed by atoms with Crippen LogP contribution in [0.4, 0.5) is 18.9 Å². The van der Waals surface area contributed by atoms with Crippen molar-refractivity contribution in [1.82, 2.24) is 9.38 Å². The van der Waals surface area contributed by atoms with E-state index in [0.717, 1.165) is 23.3 Å². The van der Waals surface area contributed by atoms with Gasteiger partial charge >= 0.3 is 6.18 Å².